The maximum absolute atomic E-state index is 13.9. The van der Waals surface area contributed by atoms with Crippen LogP contribution in [0.15, 0.2) is 0 Å². The van der Waals surface area contributed by atoms with E-state index >= 15 is 0 Å². The van der Waals surface area contributed by atoms with Crippen molar-refractivity contribution in [1.29, 1.82) is 0 Å². The monoisotopic (exact) mass is 576 g/mol. The summed E-state index contributed by atoms with van der Waals surface area (Å²) in [7, 11) is -1.58. The minimum Gasteiger partial charge on any atom is -0.383 e. The quantitative estimate of drug-likeness (QED) is 0.363. The van der Waals surface area contributed by atoms with Gasteiger partial charge in [0, 0.05) is 32.3 Å². The van der Waals surface area contributed by atoms with E-state index in [1.807, 2.05) is 4.31 Å². The second kappa shape index (κ2) is 12.5. The topological polar surface area (TPSA) is 49.9 Å². The van der Waals surface area contributed by atoms with Gasteiger partial charge in [-0.25, -0.2) is 12.7 Å². The van der Waals surface area contributed by atoms with Crippen molar-refractivity contribution < 1.29 is 26.3 Å². The molecule has 9 heteroatoms. The van der Waals surface area contributed by atoms with Crippen LogP contribution >= 0.6 is 0 Å². The van der Waals surface area contributed by atoms with Crippen molar-refractivity contribution in [2.45, 2.75) is 120 Å². The van der Waals surface area contributed by atoms with Crippen molar-refractivity contribution in [2.24, 2.45) is 35.5 Å². The van der Waals surface area contributed by atoms with E-state index in [4.69, 9.17) is 4.74 Å². The molecule has 0 N–H and O–H groups in total. The van der Waals surface area contributed by atoms with E-state index < -0.39 is 22.1 Å². The van der Waals surface area contributed by atoms with E-state index in [0.29, 0.717) is 62.8 Å². The third kappa shape index (κ3) is 6.36. The molecule has 5 rings (SSSR count). The molecule has 3 saturated carbocycles. The van der Waals surface area contributed by atoms with E-state index in [1.54, 1.807) is 7.11 Å². The highest BCUT2D eigenvalue weighted by Crippen LogP contribution is 2.50. The maximum Gasteiger partial charge on any atom is 0.391 e. The van der Waals surface area contributed by atoms with Crippen LogP contribution < -0.4 is 0 Å². The maximum atomic E-state index is 13.9. The molecule has 39 heavy (non-hydrogen) atoms. The van der Waals surface area contributed by atoms with Gasteiger partial charge in [-0.05, 0) is 100 Å². The fourth-order valence-corrected chi connectivity index (χ4v) is 11.7. The van der Waals surface area contributed by atoms with Gasteiger partial charge in [-0.2, -0.15) is 13.2 Å². The summed E-state index contributed by atoms with van der Waals surface area (Å²) >= 11 is 0. The van der Waals surface area contributed by atoms with Gasteiger partial charge in [-0.15, -0.1) is 0 Å². The minimum atomic E-state index is -4.06. The van der Waals surface area contributed by atoms with Crippen LogP contribution in [0, 0.1) is 35.5 Å². The molecule has 226 valence electrons. The lowest BCUT2D eigenvalue weighted by Gasteiger charge is -2.60. The first-order valence-corrected chi connectivity index (χ1v) is 17.4. The molecule has 2 aliphatic heterocycles. The second-order valence-corrected chi connectivity index (χ2v) is 15.8. The summed E-state index contributed by atoms with van der Waals surface area (Å²) in [5, 5.41) is -0.251. The highest BCUT2D eigenvalue weighted by Gasteiger charge is 2.54. The van der Waals surface area contributed by atoms with Crippen LogP contribution in [0.25, 0.3) is 0 Å². The Labute approximate surface area is 234 Å². The lowest BCUT2D eigenvalue weighted by atomic mass is 9.62. The van der Waals surface area contributed by atoms with E-state index in [2.05, 4.69) is 11.8 Å². The van der Waals surface area contributed by atoms with Crippen LogP contribution in [0.2, 0.25) is 0 Å². The minimum absolute atomic E-state index is 0.207. The Hall–Kier alpha value is -0.380. The highest BCUT2D eigenvalue weighted by molar-refractivity contribution is 7.89. The molecule has 2 heterocycles. The van der Waals surface area contributed by atoms with Crippen molar-refractivity contribution in [3.63, 3.8) is 0 Å². The van der Waals surface area contributed by atoms with Crippen molar-refractivity contribution in [2.75, 3.05) is 33.4 Å². The molecule has 3 aliphatic carbocycles. The van der Waals surface area contributed by atoms with Crippen molar-refractivity contribution in [3.05, 3.63) is 0 Å². The molecule has 0 amide bonds. The van der Waals surface area contributed by atoms with Crippen LogP contribution in [0.1, 0.15) is 96.8 Å². The Balaban J connectivity index is 1.26. The third-order valence-corrected chi connectivity index (χ3v) is 14.0. The van der Waals surface area contributed by atoms with Gasteiger partial charge in [0.25, 0.3) is 0 Å². The highest BCUT2D eigenvalue weighted by atomic mass is 32.2. The fourth-order valence-electron chi connectivity index (χ4n) is 9.39. The number of ether oxygens (including phenoxy) is 1. The summed E-state index contributed by atoms with van der Waals surface area (Å²) in [6.45, 7) is 5.00. The van der Waals surface area contributed by atoms with Gasteiger partial charge < -0.3 is 4.74 Å². The summed E-state index contributed by atoms with van der Waals surface area (Å²) in [4.78, 5) is 2.53. The molecule has 5 fully saturated rings. The largest absolute Gasteiger partial charge is 0.391 e. The van der Waals surface area contributed by atoms with Crippen LogP contribution in [0.3, 0.4) is 0 Å². The van der Waals surface area contributed by atoms with Crippen LogP contribution in [0.5, 0.6) is 0 Å². The normalized spacial score (nSPS) is 41.7. The van der Waals surface area contributed by atoms with Crippen LogP contribution in [0.4, 0.5) is 13.2 Å². The zero-order valence-corrected chi connectivity index (χ0v) is 24.9. The number of alkyl halides is 3. The number of sulfonamides is 1. The zero-order valence-electron chi connectivity index (χ0n) is 24.1. The number of nitrogens with zero attached hydrogens (tertiary/aromatic N) is 2. The summed E-state index contributed by atoms with van der Waals surface area (Å²) < 4.78 is 75.6. The molecule has 5 unspecified atom stereocenters. The molecular weight excluding hydrogens is 525 g/mol. The van der Waals surface area contributed by atoms with Crippen molar-refractivity contribution >= 4 is 10.0 Å². The first-order valence-electron chi connectivity index (χ1n) is 15.9. The predicted octanol–water partition coefficient (Wildman–Crippen LogP) is 6.48. The number of hydrogen-bond donors (Lipinski definition) is 0. The number of methoxy groups -OCH3 is 1. The predicted molar refractivity (Wildman–Crippen MR) is 148 cm³/mol. The number of halogens is 3. The molecule has 5 nitrogen and oxygen atoms in total. The Morgan fingerprint density at radius 2 is 1.51 bits per heavy atom. The van der Waals surface area contributed by atoms with Gasteiger partial charge in [0.1, 0.15) is 0 Å². The molecule has 0 bridgehead atoms. The van der Waals surface area contributed by atoms with Gasteiger partial charge in [0.15, 0.2) is 0 Å². The van der Waals surface area contributed by atoms with Gasteiger partial charge in [-0.3, -0.25) is 4.90 Å². The van der Waals surface area contributed by atoms with E-state index in [0.717, 1.165) is 77.2 Å². The number of rotatable bonds is 6. The Bertz CT molecular complexity index is 908. The smallest absolute Gasteiger partial charge is 0.383 e. The molecule has 0 spiro atoms. The fraction of sp³-hybridized carbons (Fsp3) is 1.00. The summed E-state index contributed by atoms with van der Waals surface area (Å²) in [6.07, 6.45) is 8.17. The Kier molecular flexibility index (Phi) is 9.62. The van der Waals surface area contributed by atoms with E-state index in [-0.39, 0.29) is 23.1 Å². The third-order valence-electron chi connectivity index (χ3n) is 11.5. The summed E-state index contributed by atoms with van der Waals surface area (Å²) in [5.74, 6) is 0.622. The number of hydrogen-bond acceptors (Lipinski definition) is 4. The molecular formula is C30H51F3N2O3S. The average molecular weight is 577 g/mol. The van der Waals surface area contributed by atoms with Gasteiger partial charge in [0.05, 0.1) is 17.8 Å². The average Bonchev–Trinajstić information content (AvgIpc) is 2.89. The second-order valence-electron chi connectivity index (χ2n) is 13.7. The molecule has 0 aromatic rings. The molecule has 0 radical (unpaired) electrons. The molecule has 0 aromatic carbocycles. The van der Waals surface area contributed by atoms with E-state index in [9.17, 15) is 21.6 Å². The molecule has 0 aromatic heterocycles. The van der Waals surface area contributed by atoms with Gasteiger partial charge in [-0.1, -0.05) is 32.6 Å². The van der Waals surface area contributed by atoms with Crippen LogP contribution in [-0.2, 0) is 14.8 Å². The van der Waals surface area contributed by atoms with Crippen LogP contribution in [-0.4, -0.2) is 74.5 Å². The lowest BCUT2D eigenvalue weighted by Crippen LogP contribution is -2.71. The number of fused-ring (bicyclic) bond motifs is 1. The van der Waals surface area contributed by atoms with Gasteiger partial charge >= 0.3 is 6.18 Å². The lowest BCUT2D eigenvalue weighted by molar-refractivity contribution is -0.188. The standard InChI is InChI=1S/C30H51F3N2O3S/c1-21-8-3-4-11-28(21)39(36,37)34-16-5-6-17-35-26(19-34)29(27(35)20-38-2)23-14-12-22(13-15-23)24-9-7-10-25(18-24)30(31,32)33/h21-29H,3-20H2,1-2H3/t21?,22?,23?,24?,25?,26?,27-,28?,29+/m1/s1. The van der Waals surface area contributed by atoms with Crippen molar-refractivity contribution in [3.8, 4) is 0 Å². The Morgan fingerprint density at radius 1 is 0.821 bits per heavy atom. The van der Waals surface area contributed by atoms with Crippen molar-refractivity contribution in [1.82, 2.24) is 9.21 Å². The Morgan fingerprint density at radius 3 is 2.21 bits per heavy atom. The summed E-state index contributed by atoms with van der Waals surface area (Å²) in [6, 6.07) is 0.548. The SMILES string of the molecule is COC[C@@H]1[C@@H](C2CCC(C3CCCC(C(F)(F)F)C3)CC2)C2CN(S(=O)(=O)C3CCCCC3C)CCCCN21. The molecule has 7 atom stereocenters. The van der Waals surface area contributed by atoms with Gasteiger partial charge in [0.2, 0.25) is 10.0 Å². The first kappa shape index (κ1) is 30.1. The first-order chi connectivity index (χ1) is 18.6. The molecule has 2 saturated heterocycles. The zero-order chi connectivity index (χ0) is 27.8. The van der Waals surface area contributed by atoms with E-state index in [1.165, 1.54) is 0 Å². The summed E-state index contributed by atoms with van der Waals surface area (Å²) in [5.41, 5.74) is 0. The molecule has 5 aliphatic rings.